The summed E-state index contributed by atoms with van der Waals surface area (Å²) < 4.78 is 13.4. The van der Waals surface area contributed by atoms with Crippen LogP contribution in [0.5, 0.6) is 0 Å². The largest absolute Gasteiger partial charge is 0.309 e. The van der Waals surface area contributed by atoms with E-state index in [4.69, 9.17) is 0 Å². The molecule has 0 amide bonds. The molecule has 0 aliphatic carbocycles. The summed E-state index contributed by atoms with van der Waals surface area (Å²) in [5, 5.41) is 3.25. The van der Waals surface area contributed by atoms with Crippen LogP contribution in [0.3, 0.4) is 0 Å². The van der Waals surface area contributed by atoms with Gasteiger partial charge in [-0.05, 0) is 20.0 Å². The quantitative estimate of drug-likeness (QED) is 0.672. The van der Waals surface area contributed by atoms with Crippen molar-refractivity contribution in [2.75, 3.05) is 20.1 Å². The second kappa shape index (κ2) is 4.19. The first-order chi connectivity index (χ1) is 5.59. The van der Waals surface area contributed by atoms with E-state index >= 15 is 0 Å². The number of alkyl halides is 1. The van der Waals surface area contributed by atoms with Gasteiger partial charge in [0.1, 0.15) is 6.17 Å². The zero-order valence-corrected chi connectivity index (χ0v) is 8.18. The van der Waals surface area contributed by atoms with Crippen LogP contribution in [0.25, 0.3) is 0 Å². The van der Waals surface area contributed by atoms with E-state index in [1.165, 1.54) is 0 Å². The van der Waals surface area contributed by atoms with E-state index in [0.29, 0.717) is 12.6 Å². The maximum Gasteiger partial charge on any atom is 0.128 e. The molecule has 0 aromatic rings. The van der Waals surface area contributed by atoms with Gasteiger partial charge in [-0.15, -0.1) is 0 Å². The molecular formula is C9H19FN2. The summed E-state index contributed by atoms with van der Waals surface area (Å²) >= 11 is 0. The van der Waals surface area contributed by atoms with Crippen molar-refractivity contribution in [2.24, 2.45) is 0 Å². The third kappa shape index (κ3) is 2.72. The number of nitrogens with one attached hydrogen (secondary N) is 1. The van der Waals surface area contributed by atoms with E-state index < -0.39 is 6.17 Å². The Labute approximate surface area is 74.1 Å². The lowest BCUT2D eigenvalue weighted by atomic mass is 10.0. The van der Waals surface area contributed by atoms with Crippen molar-refractivity contribution in [1.29, 1.82) is 0 Å². The van der Waals surface area contributed by atoms with Crippen molar-refractivity contribution in [2.45, 2.75) is 38.5 Å². The summed E-state index contributed by atoms with van der Waals surface area (Å²) in [7, 11) is 1.97. The molecule has 1 aliphatic heterocycles. The fourth-order valence-corrected chi connectivity index (χ4v) is 1.67. The SMILES string of the molecule is CC(C)NC1CCN(C)CC1F. The summed E-state index contributed by atoms with van der Waals surface area (Å²) in [4.78, 5) is 2.04. The highest BCUT2D eigenvalue weighted by atomic mass is 19.1. The molecule has 2 atom stereocenters. The van der Waals surface area contributed by atoms with Crippen LogP contribution < -0.4 is 5.32 Å². The van der Waals surface area contributed by atoms with E-state index in [0.717, 1.165) is 13.0 Å². The van der Waals surface area contributed by atoms with Crippen LogP contribution in [0.4, 0.5) is 4.39 Å². The zero-order valence-electron chi connectivity index (χ0n) is 8.18. The molecule has 0 aromatic carbocycles. The topological polar surface area (TPSA) is 15.3 Å². The fraction of sp³-hybridized carbons (Fsp3) is 1.00. The molecule has 1 fully saturated rings. The molecule has 0 bridgehead atoms. The minimum absolute atomic E-state index is 0.0706. The second-order valence-corrected chi connectivity index (χ2v) is 3.99. The first-order valence-electron chi connectivity index (χ1n) is 4.68. The predicted molar refractivity (Wildman–Crippen MR) is 49.1 cm³/mol. The molecule has 0 saturated carbocycles. The second-order valence-electron chi connectivity index (χ2n) is 3.99. The van der Waals surface area contributed by atoms with E-state index in [9.17, 15) is 4.39 Å². The molecule has 2 nitrogen and oxygen atoms in total. The number of piperidine rings is 1. The Balaban J connectivity index is 2.34. The monoisotopic (exact) mass is 174 g/mol. The highest BCUT2D eigenvalue weighted by Crippen LogP contribution is 2.12. The smallest absolute Gasteiger partial charge is 0.128 e. The van der Waals surface area contributed by atoms with Gasteiger partial charge in [-0.25, -0.2) is 4.39 Å². The Morgan fingerprint density at radius 3 is 2.67 bits per heavy atom. The molecule has 1 heterocycles. The molecule has 12 heavy (non-hydrogen) atoms. The van der Waals surface area contributed by atoms with Gasteiger partial charge in [-0.3, -0.25) is 0 Å². The van der Waals surface area contributed by atoms with Crippen molar-refractivity contribution in [3.05, 3.63) is 0 Å². The molecule has 0 spiro atoms. The average Bonchev–Trinajstić information content (AvgIpc) is 1.94. The normalized spacial score (nSPS) is 32.8. The van der Waals surface area contributed by atoms with Gasteiger partial charge in [0.05, 0.1) is 0 Å². The minimum Gasteiger partial charge on any atom is -0.309 e. The predicted octanol–water partition coefficient (Wildman–Crippen LogP) is 1.03. The lowest BCUT2D eigenvalue weighted by molar-refractivity contribution is 0.118. The molecule has 0 radical (unpaired) electrons. The standard InChI is InChI=1S/C9H19FN2/c1-7(2)11-9-4-5-12(3)6-8(9)10/h7-9,11H,4-6H2,1-3H3. The number of rotatable bonds is 2. The minimum atomic E-state index is -0.703. The number of halogens is 1. The Hall–Kier alpha value is -0.150. The number of nitrogens with zero attached hydrogens (tertiary/aromatic N) is 1. The van der Waals surface area contributed by atoms with Gasteiger partial charge in [0.15, 0.2) is 0 Å². The molecule has 2 unspecified atom stereocenters. The van der Waals surface area contributed by atoms with Crippen molar-refractivity contribution in [3.63, 3.8) is 0 Å². The molecule has 1 rings (SSSR count). The summed E-state index contributed by atoms with van der Waals surface area (Å²) in [6, 6.07) is 0.456. The van der Waals surface area contributed by atoms with E-state index in [1.54, 1.807) is 0 Å². The number of hydrogen-bond donors (Lipinski definition) is 1. The van der Waals surface area contributed by atoms with Gasteiger partial charge >= 0.3 is 0 Å². The maximum absolute atomic E-state index is 13.4. The molecule has 72 valence electrons. The number of hydrogen-bond acceptors (Lipinski definition) is 2. The van der Waals surface area contributed by atoms with Crippen molar-refractivity contribution in [3.8, 4) is 0 Å². The first kappa shape index (κ1) is 9.93. The van der Waals surface area contributed by atoms with Gasteiger partial charge in [0.25, 0.3) is 0 Å². The van der Waals surface area contributed by atoms with Crippen LogP contribution in [-0.2, 0) is 0 Å². The Morgan fingerprint density at radius 2 is 2.17 bits per heavy atom. The third-order valence-electron chi connectivity index (χ3n) is 2.29. The van der Waals surface area contributed by atoms with Crippen molar-refractivity contribution in [1.82, 2.24) is 10.2 Å². The van der Waals surface area contributed by atoms with Crippen molar-refractivity contribution < 1.29 is 4.39 Å². The third-order valence-corrected chi connectivity index (χ3v) is 2.29. The molecule has 3 heteroatoms. The van der Waals surface area contributed by atoms with Crippen LogP contribution >= 0.6 is 0 Å². The van der Waals surface area contributed by atoms with E-state index in [2.05, 4.69) is 19.2 Å². The van der Waals surface area contributed by atoms with Crippen LogP contribution in [0.1, 0.15) is 20.3 Å². The first-order valence-corrected chi connectivity index (χ1v) is 4.68. The average molecular weight is 174 g/mol. The van der Waals surface area contributed by atoms with Gasteiger partial charge in [-0.1, -0.05) is 13.8 Å². The van der Waals surface area contributed by atoms with Crippen LogP contribution in [0, 0.1) is 0 Å². The number of likely N-dealkylation sites (tertiary alicyclic amines) is 1. The van der Waals surface area contributed by atoms with E-state index in [-0.39, 0.29) is 6.04 Å². The van der Waals surface area contributed by atoms with Gasteiger partial charge < -0.3 is 10.2 Å². The Morgan fingerprint density at radius 1 is 1.50 bits per heavy atom. The lowest BCUT2D eigenvalue weighted by Gasteiger charge is -2.33. The highest BCUT2D eigenvalue weighted by molar-refractivity contribution is 4.84. The Kier molecular flexibility index (Phi) is 3.47. The molecular weight excluding hydrogens is 155 g/mol. The van der Waals surface area contributed by atoms with Crippen LogP contribution in [-0.4, -0.2) is 43.3 Å². The maximum atomic E-state index is 13.4. The summed E-state index contributed by atoms with van der Waals surface area (Å²) in [6.45, 7) is 5.70. The fourth-order valence-electron chi connectivity index (χ4n) is 1.67. The van der Waals surface area contributed by atoms with Crippen LogP contribution in [0.15, 0.2) is 0 Å². The van der Waals surface area contributed by atoms with Gasteiger partial charge in [0.2, 0.25) is 0 Å². The molecule has 1 saturated heterocycles. The lowest BCUT2D eigenvalue weighted by Crippen LogP contribution is -2.51. The molecule has 1 aliphatic rings. The zero-order chi connectivity index (χ0) is 9.14. The summed E-state index contributed by atoms with van der Waals surface area (Å²) in [6.07, 6.45) is 0.224. The van der Waals surface area contributed by atoms with Gasteiger partial charge in [0, 0.05) is 18.6 Å². The Bertz CT molecular complexity index is 138. The molecule has 0 aromatic heterocycles. The van der Waals surface area contributed by atoms with Gasteiger partial charge in [-0.2, -0.15) is 0 Å². The highest BCUT2D eigenvalue weighted by Gasteiger charge is 2.27. The molecule has 1 N–H and O–H groups in total. The van der Waals surface area contributed by atoms with Crippen molar-refractivity contribution >= 4 is 0 Å². The van der Waals surface area contributed by atoms with Crippen LogP contribution in [0.2, 0.25) is 0 Å². The van der Waals surface area contributed by atoms with E-state index in [1.807, 2.05) is 11.9 Å². The summed E-state index contributed by atoms with van der Waals surface area (Å²) in [5.41, 5.74) is 0. The summed E-state index contributed by atoms with van der Waals surface area (Å²) in [5.74, 6) is 0.